The first kappa shape index (κ1) is 17.8. The molecule has 1 fully saturated rings. The number of nitrogens with one attached hydrogen (secondary N) is 2. The van der Waals surface area contributed by atoms with Crippen LogP contribution >= 0.6 is 11.8 Å². The number of amides is 2. The van der Waals surface area contributed by atoms with E-state index in [2.05, 4.69) is 10.6 Å². The molecule has 23 heavy (non-hydrogen) atoms. The molecule has 2 rings (SSSR count). The van der Waals surface area contributed by atoms with Crippen molar-refractivity contribution < 1.29 is 14.3 Å². The Kier molecular flexibility index (Phi) is 6.47. The third kappa shape index (κ3) is 4.97. The Morgan fingerprint density at radius 3 is 2.48 bits per heavy atom. The molecule has 0 saturated carbocycles. The molecule has 5 nitrogen and oxygen atoms in total. The van der Waals surface area contributed by atoms with Crippen LogP contribution in [0.1, 0.15) is 31.4 Å². The SMILES string of the molecule is COC1(CNC(=O)C(=O)N[C@H](C)c2ccccc2)CCSCC1. The number of thioether (sulfide) groups is 1. The Bertz CT molecular complexity index is 530. The first-order valence-corrected chi connectivity index (χ1v) is 8.98. The summed E-state index contributed by atoms with van der Waals surface area (Å²) in [5.41, 5.74) is 0.623. The lowest BCUT2D eigenvalue weighted by Crippen LogP contribution is -2.50. The Morgan fingerprint density at radius 1 is 1.22 bits per heavy atom. The van der Waals surface area contributed by atoms with E-state index in [1.807, 2.05) is 49.0 Å². The molecule has 1 aromatic carbocycles. The van der Waals surface area contributed by atoms with Crippen LogP contribution in [0.2, 0.25) is 0 Å². The van der Waals surface area contributed by atoms with Crippen LogP contribution in [0.15, 0.2) is 30.3 Å². The summed E-state index contributed by atoms with van der Waals surface area (Å²) in [5.74, 6) is 0.808. The molecule has 1 saturated heterocycles. The first-order valence-electron chi connectivity index (χ1n) is 7.83. The second kappa shape index (κ2) is 8.36. The molecular weight excluding hydrogens is 312 g/mol. The summed E-state index contributed by atoms with van der Waals surface area (Å²) < 4.78 is 5.60. The number of rotatable bonds is 5. The third-order valence-electron chi connectivity index (χ3n) is 4.26. The van der Waals surface area contributed by atoms with Crippen molar-refractivity contribution in [1.29, 1.82) is 0 Å². The maximum atomic E-state index is 12.0. The van der Waals surface area contributed by atoms with Gasteiger partial charge in [-0.2, -0.15) is 11.8 Å². The second-order valence-electron chi connectivity index (χ2n) is 5.79. The molecule has 126 valence electrons. The van der Waals surface area contributed by atoms with Crippen molar-refractivity contribution in [3.8, 4) is 0 Å². The van der Waals surface area contributed by atoms with Crippen LogP contribution in [0.4, 0.5) is 0 Å². The van der Waals surface area contributed by atoms with E-state index < -0.39 is 11.8 Å². The van der Waals surface area contributed by atoms with Crippen LogP contribution in [0.3, 0.4) is 0 Å². The average molecular weight is 336 g/mol. The minimum Gasteiger partial charge on any atom is -0.376 e. The van der Waals surface area contributed by atoms with E-state index in [0.717, 1.165) is 29.9 Å². The Hall–Kier alpha value is -1.53. The van der Waals surface area contributed by atoms with E-state index in [1.54, 1.807) is 7.11 Å². The molecule has 1 aliphatic heterocycles. The number of hydrogen-bond acceptors (Lipinski definition) is 4. The van der Waals surface area contributed by atoms with E-state index in [-0.39, 0.29) is 11.6 Å². The van der Waals surface area contributed by atoms with Crippen molar-refractivity contribution in [3.05, 3.63) is 35.9 Å². The molecule has 0 bridgehead atoms. The lowest BCUT2D eigenvalue weighted by Gasteiger charge is -2.35. The normalized spacial score (nSPS) is 18.0. The minimum atomic E-state index is -0.613. The number of ether oxygens (including phenoxy) is 1. The van der Waals surface area contributed by atoms with Crippen LogP contribution in [0.5, 0.6) is 0 Å². The molecule has 2 N–H and O–H groups in total. The van der Waals surface area contributed by atoms with E-state index in [4.69, 9.17) is 4.74 Å². The van der Waals surface area contributed by atoms with Gasteiger partial charge in [-0.15, -0.1) is 0 Å². The van der Waals surface area contributed by atoms with Crippen LogP contribution in [-0.2, 0) is 14.3 Å². The van der Waals surface area contributed by atoms with Crippen LogP contribution in [0, 0.1) is 0 Å². The zero-order chi connectivity index (χ0) is 16.7. The lowest BCUT2D eigenvalue weighted by atomic mass is 9.96. The van der Waals surface area contributed by atoms with Gasteiger partial charge in [0.05, 0.1) is 11.6 Å². The summed E-state index contributed by atoms with van der Waals surface area (Å²) >= 11 is 1.89. The molecule has 1 aromatic rings. The number of carbonyl (C=O) groups is 2. The van der Waals surface area contributed by atoms with Gasteiger partial charge in [-0.25, -0.2) is 0 Å². The number of carbonyl (C=O) groups excluding carboxylic acids is 2. The van der Waals surface area contributed by atoms with Crippen molar-refractivity contribution in [2.45, 2.75) is 31.4 Å². The largest absolute Gasteiger partial charge is 0.376 e. The van der Waals surface area contributed by atoms with Gasteiger partial charge in [-0.3, -0.25) is 9.59 Å². The van der Waals surface area contributed by atoms with Gasteiger partial charge in [0.1, 0.15) is 0 Å². The van der Waals surface area contributed by atoms with E-state index in [0.29, 0.717) is 6.54 Å². The molecular formula is C17H24N2O3S. The molecule has 0 aromatic heterocycles. The van der Waals surface area contributed by atoms with Crippen molar-refractivity contribution in [2.75, 3.05) is 25.2 Å². The summed E-state index contributed by atoms with van der Waals surface area (Å²) in [5, 5.41) is 5.43. The van der Waals surface area contributed by atoms with Gasteiger partial charge in [0.25, 0.3) is 0 Å². The first-order chi connectivity index (χ1) is 11.1. The highest BCUT2D eigenvalue weighted by Crippen LogP contribution is 2.29. The summed E-state index contributed by atoms with van der Waals surface area (Å²) in [6, 6.07) is 9.35. The average Bonchev–Trinajstić information content (AvgIpc) is 2.61. The molecule has 0 radical (unpaired) electrons. The quantitative estimate of drug-likeness (QED) is 0.806. The molecule has 0 aliphatic carbocycles. The van der Waals surface area contributed by atoms with Gasteiger partial charge in [0, 0.05) is 13.7 Å². The van der Waals surface area contributed by atoms with Gasteiger partial charge >= 0.3 is 11.8 Å². The zero-order valence-corrected chi connectivity index (χ0v) is 14.4. The highest BCUT2D eigenvalue weighted by molar-refractivity contribution is 7.99. The molecule has 1 atom stereocenters. The van der Waals surface area contributed by atoms with Crippen LogP contribution < -0.4 is 10.6 Å². The highest BCUT2D eigenvalue weighted by Gasteiger charge is 2.33. The predicted molar refractivity (Wildman–Crippen MR) is 92.3 cm³/mol. The number of methoxy groups -OCH3 is 1. The Morgan fingerprint density at radius 2 is 1.87 bits per heavy atom. The van der Waals surface area contributed by atoms with Crippen molar-refractivity contribution in [2.24, 2.45) is 0 Å². The fraction of sp³-hybridized carbons (Fsp3) is 0.529. The lowest BCUT2D eigenvalue weighted by molar-refractivity contribution is -0.140. The standard InChI is InChI=1S/C17H24N2O3S/c1-13(14-6-4-3-5-7-14)19-16(21)15(20)18-12-17(22-2)8-10-23-11-9-17/h3-7,13H,8-12H2,1-2H3,(H,18,20)(H,19,21)/t13-/m1/s1. The monoisotopic (exact) mass is 336 g/mol. The fourth-order valence-electron chi connectivity index (χ4n) is 2.61. The predicted octanol–water partition coefficient (Wildman–Crippen LogP) is 1.89. The van der Waals surface area contributed by atoms with Crippen LogP contribution in [-0.4, -0.2) is 42.6 Å². The smallest absolute Gasteiger partial charge is 0.309 e. The van der Waals surface area contributed by atoms with Gasteiger partial charge in [-0.1, -0.05) is 30.3 Å². The molecule has 6 heteroatoms. The summed E-state index contributed by atoms with van der Waals surface area (Å²) in [6.45, 7) is 2.23. The maximum Gasteiger partial charge on any atom is 0.309 e. The van der Waals surface area contributed by atoms with Gasteiger partial charge in [0.15, 0.2) is 0 Å². The summed E-state index contributed by atoms with van der Waals surface area (Å²) in [4.78, 5) is 24.1. The second-order valence-corrected chi connectivity index (χ2v) is 7.01. The van der Waals surface area contributed by atoms with Gasteiger partial charge < -0.3 is 15.4 Å². The topological polar surface area (TPSA) is 67.4 Å². The zero-order valence-electron chi connectivity index (χ0n) is 13.6. The molecule has 2 amide bonds. The van der Waals surface area contributed by atoms with E-state index in [9.17, 15) is 9.59 Å². The molecule has 0 spiro atoms. The van der Waals surface area contributed by atoms with Crippen LogP contribution in [0.25, 0.3) is 0 Å². The van der Waals surface area contributed by atoms with Crippen molar-refractivity contribution in [3.63, 3.8) is 0 Å². The molecule has 0 unspecified atom stereocenters. The van der Waals surface area contributed by atoms with Gasteiger partial charge in [0.2, 0.25) is 0 Å². The van der Waals surface area contributed by atoms with Crippen molar-refractivity contribution in [1.82, 2.24) is 10.6 Å². The van der Waals surface area contributed by atoms with E-state index >= 15 is 0 Å². The molecule has 1 heterocycles. The summed E-state index contributed by atoms with van der Waals surface area (Å²) in [6.07, 6.45) is 1.77. The number of hydrogen-bond donors (Lipinski definition) is 2. The third-order valence-corrected chi connectivity index (χ3v) is 5.25. The Labute approximate surface area is 141 Å². The van der Waals surface area contributed by atoms with Gasteiger partial charge in [-0.05, 0) is 36.8 Å². The Balaban J connectivity index is 1.84. The van der Waals surface area contributed by atoms with E-state index in [1.165, 1.54) is 0 Å². The summed E-state index contributed by atoms with van der Waals surface area (Å²) in [7, 11) is 1.67. The maximum absolute atomic E-state index is 12.0. The molecule has 1 aliphatic rings. The fourth-order valence-corrected chi connectivity index (χ4v) is 3.84. The van der Waals surface area contributed by atoms with Crippen molar-refractivity contribution >= 4 is 23.6 Å². The minimum absolute atomic E-state index is 0.211. The highest BCUT2D eigenvalue weighted by atomic mass is 32.2. The number of benzene rings is 1.